The maximum Gasteiger partial charge on any atom is 0.129 e. The lowest BCUT2D eigenvalue weighted by Crippen LogP contribution is -2.10. The normalized spacial score (nSPS) is 10.8. The van der Waals surface area contributed by atoms with Crippen molar-refractivity contribution < 1.29 is 4.74 Å². The van der Waals surface area contributed by atoms with Crippen LogP contribution < -0.4 is 10.5 Å². The third-order valence-corrected chi connectivity index (χ3v) is 4.31. The Labute approximate surface area is 128 Å². The minimum Gasteiger partial charge on any atom is -0.493 e. The molecular weight excluding hydrogens is 288 g/mol. The van der Waals surface area contributed by atoms with Crippen molar-refractivity contribution in [2.45, 2.75) is 26.7 Å². The molecule has 0 atom stereocenters. The van der Waals surface area contributed by atoms with Crippen LogP contribution in [-0.2, 0) is 0 Å². The minimum absolute atomic E-state index is 0.288. The Morgan fingerprint density at radius 2 is 2.10 bits per heavy atom. The van der Waals surface area contributed by atoms with Crippen molar-refractivity contribution in [2.75, 3.05) is 6.61 Å². The molecule has 1 aromatic heterocycles. The van der Waals surface area contributed by atoms with Gasteiger partial charge in [0.05, 0.1) is 22.7 Å². The molecule has 0 saturated heterocycles. The molecule has 2 rings (SSSR count). The lowest BCUT2D eigenvalue weighted by atomic mass is 10.1. The highest BCUT2D eigenvalue weighted by molar-refractivity contribution is 7.81. The van der Waals surface area contributed by atoms with E-state index in [-0.39, 0.29) is 5.92 Å². The predicted octanol–water partition coefficient (Wildman–Crippen LogP) is 3.97. The van der Waals surface area contributed by atoms with E-state index in [9.17, 15) is 0 Å². The van der Waals surface area contributed by atoms with Crippen LogP contribution in [0.25, 0.3) is 10.6 Å². The van der Waals surface area contributed by atoms with E-state index in [4.69, 9.17) is 27.7 Å². The van der Waals surface area contributed by atoms with E-state index in [1.165, 1.54) is 11.3 Å². The molecule has 0 aliphatic rings. The molecule has 2 N–H and O–H groups in total. The first-order chi connectivity index (χ1) is 9.54. The lowest BCUT2D eigenvalue weighted by molar-refractivity contribution is 0.341. The van der Waals surface area contributed by atoms with Crippen molar-refractivity contribution in [3.63, 3.8) is 0 Å². The number of para-hydroxylation sites is 1. The van der Waals surface area contributed by atoms with E-state index in [0.717, 1.165) is 26.9 Å². The summed E-state index contributed by atoms with van der Waals surface area (Å²) in [6.45, 7) is 6.78. The van der Waals surface area contributed by atoms with Crippen LogP contribution in [0.15, 0.2) is 24.3 Å². The number of benzene rings is 1. The number of nitrogens with zero attached hydrogens (tertiary/aromatic N) is 1. The summed E-state index contributed by atoms with van der Waals surface area (Å²) in [5.41, 5.74) is 7.76. The van der Waals surface area contributed by atoms with E-state index in [1.807, 2.05) is 31.2 Å². The smallest absolute Gasteiger partial charge is 0.129 e. The number of ether oxygens (including phenoxy) is 1. The summed E-state index contributed by atoms with van der Waals surface area (Å²) in [4.78, 5) is 6.02. The fourth-order valence-corrected chi connectivity index (χ4v) is 3.27. The molecule has 0 spiro atoms. The Kier molecular flexibility index (Phi) is 4.73. The number of hydrogen-bond donors (Lipinski definition) is 1. The fraction of sp³-hybridized carbons (Fsp3) is 0.333. The summed E-state index contributed by atoms with van der Waals surface area (Å²) in [6.07, 6.45) is 0. The van der Waals surface area contributed by atoms with Gasteiger partial charge in [0.25, 0.3) is 0 Å². The predicted molar refractivity (Wildman–Crippen MR) is 88.7 cm³/mol. The Balaban J connectivity index is 2.53. The highest BCUT2D eigenvalue weighted by Crippen LogP contribution is 2.36. The van der Waals surface area contributed by atoms with Gasteiger partial charge in [-0.3, -0.25) is 0 Å². The largest absolute Gasteiger partial charge is 0.493 e. The highest BCUT2D eigenvalue weighted by atomic mass is 32.1. The standard InChI is InChI=1S/C15H18N2OS2/c1-4-18-11-8-6-5-7-10(11)15-17-12(9(2)3)13(20-15)14(16)19/h5-9H,4H2,1-3H3,(H2,16,19). The summed E-state index contributed by atoms with van der Waals surface area (Å²) in [6, 6.07) is 7.90. The topological polar surface area (TPSA) is 48.1 Å². The van der Waals surface area contributed by atoms with E-state index >= 15 is 0 Å². The Morgan fingerprint density at radius 3 is 2.65 bits per heavy atom. The zero-order valence-electron chi connectivity index (χ0n) is 11.8. The molecule has 0 aliphatic heterocycles. The van der Waals surface area contributed by atoms with Crippen LogP contribution in [-0.4, -0.2) is 16.6 Å². The number of thiazole rings is 1. The van der Waals surface area contributed by atoms with Crippen LogP contribution in [0, 0.1) is 0 Å². The summed E-state index contributed by atoms with van der Waals surface area (Å²) in [7, 11) is 0. The number of nitrogens with two attached hydrogens (primary N) is 1. The van der Waals surface area contributed by atoms with Crippen LogP contribution in [0.1, 0.15) is 37.3 Å². The third-order valence-electron chi connectivity index (χ3n) is 2.84. The summed E-state index contributed by atoms with van der Waals surface area (Å²) >= 11 is 6.66. The van der Waals surface area contributed by atoms with Crippen molar-refractivity contribution in [2.24, 2.45) is 5.73 Å². The molecule has 0 bridgehead atoms. The van der Waals surface area contributed by atoms with Gasteiger partial charge in [-0.05, 0) is 25.0 Å². The molecule has 106 valence electrons. The van der Waals surface area contributed by atoms with Crippen molar-refractivity contribution >= 4 is 28.5 Å². The zero-order valence-corrected chi connectivity index (χ0v) is 13.5. The van der Waals surface area contributed by atoms with Gasteiger partial charge >= 0.3 is 0 Å². The maximum absolute atomic E-state index is 5.81. The molecule has 0 aliphatic carbocycles. The first-order valence-electron chi connectivity index (χ1n) is 6.57. The molecule has 1 heterocycles. The third kappa shape index (κ3) is 2.99. The molecule has 2 aromatic rings. The van der Waals surface area contributed by atoms with E-state index in [0.29, 0.717) is 11.6 Å². The number of aromatic nitrogens is 1. The van der Waals surface area contributed by atoms with E-state index in [1.54, 1.807) is 0 Å². The fourth-order valence-electron chi connectivity index (χ4n) is 1.94. The summed E-state index contributed by atoms with van der Waals surface area (Å²) in [5, 5.41) is 0.903. The van der Waals surface area contributed by atoms with Gasteiger partial charge in [0, 0.05) is 0 Å². The van der Waals surface area contributed by atoms with Crippen molar-refractivity contribution in [1.82, 2.24) is 4.98 Å². The van der Waals surface area contributed by atoms with Crippen LogP contribution in [0.5, 0.6) is 5.75 Å². The van der Waals surface area contributed by atoms with Crippen LogP contribution in [0.3, 0.4) is 0 Å². The Morgan fingerprint density at radius 1 is 1.40 bits per heavy atom. The molecular formula is C15H18N2OS2. The Hall–Kier alpha value is -1.46. The maximum atomic E-state index is 5.81. The van der Waals surface area contributed by atoms with Gasteiger partial charge in [-0.25, -0.2) is 4.98 Å². The van der Waals surface area contributed by atoms with Gasteiger partial charge in [0.1, 0.15) is 15.7 Å². The first kappa shape index (κ1) is 14.9. The van der Waals surface area contributed by atoms with Gasteiger partial charge < -0.3 is 10.5 Å². The Bertz CT molecular complexity index is 620. The van der Waals surface area contributed by atoms with Crippen molar-refractivity contribution in [1.29, 1.82) is 0 Å². The highest BCUT2D eigenvalue weighted by Gasteiger charge is 2.18. The monoisotopic (exact) mass is 306 g/mol. The van der Waals surface area contributed by atoms with Gasteiger partial charge in [-0.15, -0.1) is 11.3 Å². The first-order valence-corrected chi connectivity index (χ1v) is 7.79. The second kappa shape index (κ2) is 6.33. The zero-order chi connectivity index (χ0) is 14.7. The van der Waals surface area contributed by atoms with Gasteiger partial charge in [0.15, 0.2) is 0 Å². The van der Waals surface area contributed by atoms with Gasteiger partial charge in [-0.1, -0.05) is 38.2 Å². The van der Waals surface area contributed by atoms with Crippen molar-refractivity contribution in [3.8, 4) is 16.3 Å². The number of thiocarbonyl (C=S) groups is 1. The van der Waals surface area contributed by atoms with E-state index < -0.39 is 0 Å². The average Bonchev–Trinajstić information content (AvgIpc) is 2.85. The van der Waals surface area contributed by atoms with Crippen LogP contribution in [0.4, 0.5) is 0 Å². The molecule has 0 amide bonds. The molecule has 3 nitrogen and oxygen atoms in total. The quantitative estimate of drug-likeness (QED) is 0.849. The second-order valence-corrected chi connectivity index (χ2v) is 6.12. The second-order valence-electron chi connectivity index (χ2n) is 4.68. The van der Waals surface area contributed by atoms with E-state index in [2.05, 4.69) is 13.8 Å². The van der Waals surface area contributed by atoms with Crippen LogP contribution >= 0.6 is 23.6 Å². The molecule has 5 heteroatoms. The molecule has 1 aromatic carbocycles. The molecule has 20 heavy (non-hydrogen) atoms. The summed E-state index contributed by atoms with van der Waals surface area (Å²) in [5.74, 6) is 1.13. The molecule has 0 saturated carbocycles. The number of hydrogen-bond acceptors (Lipinski definition) is 4. The van der Waals surface area contributed by atoms with Gasteiger partial charge in [0.2, 0.25) is 0 Å². The van der Waals surface area contributed by atoms with Gasteiger partial charge in [-0.2, -0.15) is 0 Å². The summed E-state index contributed by atoms with van der Waals surface area (Å²) < 4.78 is 5.66. The SMILES string of the molecule is CCOc1ccccc1-c1nc(C(C)C)c(C(N)=S)s1. The molecule has 0 radical (unpaired) electrons. The van der Waals surface area contributed by atoms with Crippen LogP contribution in [0.2, 0.25) is 0 Å². The van der Waals surface area contributed by atoms with Crippen molar-refractivity contribution in [3.05, 3.63) is 34.8 Å². The molecule has 0 unspecified atom stereocenters. The molecule has 0 fully saturated rings. The minimum atomic E-state index is 0.288. The lowest BCUT2D eigenvalue weighted by Gasteiger charge is -2.07. The average molecular weight is 306 g/mol. The number of rotatable bonds is 5.